The van der Waals surface area contributed by atoms with Crippen LogP contribution in [0.1, 0.15) is 103 Å². The third kappa shape index (κ3) is 19.1. The molecule has 0 aromatic heterocycles. The number of carboxylic acids is 1. The number of allylic oxidation sites excluding steroid dienone is 2. The lowest BCUT2D eigenvalue weighted by atomic mass is 10.0. The normalized spacial score (nSPS) is 12.8. The van der Waals surface area contributed by atoms with Crippen LogP contribution in [0.5, 0.6) is 0 Å². The van der Waals surface area contributed by atoms with E-state index in [0.717, 1.165) is 12.8 Å². The van der Waals surface area contributed by atoms with E-state index in [-0.39, 0.29) is 6.42 Å². The van der Waals surface area contributed by atoms with E-state index in [1.165, 1.54) is 70.6 Å². The topological polar surface area (TPSA) is 57.5 Å². The molecule has 0 heterocycles. The van der Waals surface area contributed by atoms with Crippen molar-refractivity contribution in [1.29, 1.82) is 0 Å². The molecular weight excluding hydrogens is 288 g/mol. The third-order valence-corrected chi connectivity index (χ3v) is 4.21. The Kier molecular flexibility index (Phi) is 16.9. The molecule has 2 N–H and O–H groups in total. The first kappa shape index (κ1) is 22.2. The van der Waals surface area contributed by atoms with Crippen LogP contribution in [0, 0.1) is 0 Å². The lowest BCUT2D eigenvalue weighted by Gasteiger charge is -2.07. The van der Waals surface area contributed by atoms with Crippen molar-refractivity contribution in [3.05, 3.63) is 12.2 Å². The zero-order chi connectivity index (χ0) is 17.2. The summed E-state index contributed by atoms with van der Waals surface area (Å²) < 4.78 is 0. The van der Waals surface area contributed by atoms with Crippen LogP contribution in [0.25, 0.3) is 0 Å². The molecule has 23 heavy (non-hydrogen) atoms. The second kappa shape index (κ2) is 17.5. The fraction of sp³-hybridized carbons (Fsp3) is 0.850. The highest BCUT2D eigenvalue weighted by Crippen LogP contribution is 2.12. The molecule has 0 aromatic carbocycles. The number of hydrogen-bond acceptors (Lipinski definition) is 2. The number of aliphatic carboxylic acids is 1. The second-order valence-corrected chi connectivity index (χ2v) is 6.62. The van der Waals surface area contributed by atoms with Crippen molar-refractivity contribution >= 4 is 5.97 Å². The Morgan fingerprint density at radius 3 is 1.83 bits per heavy atom. The Labute approximate surface area is 143 Å². The Morgan fingerprint density at radius 2 is 1.30 bits per heavy atom. The van der Waals surface area contributed by atoms with E-state index in [1.807, 2.05) is 0 Å². The summed E-state index contributed by atoms with van der Waals surface area (Å²) in [5, 5.41) is 18.0. The molecule has 1 atom stereocenters. The quantitative estimate of drug-likeness (QED) is 0.260. The summed E-state index contributed by atoms with van der Waals surface area (Å²) in [6.07, 6.45) is 20.8. The summed E-state index contributed by atoms with van der Waals surface area (Å²) >= 11 is 0. The molecule has 0 aliphatic carbocycles. The molecule has 0 saturated carbocycles. The number of carbonyl (C=O) groups is 1. The lowest BCUT2D eigenvalue weighted by Crippen LogP contribution is -2.12. The third-order valence-electron chi connectivity index (χ3n) is 4.21. The summed E-state index contributed by atoms with van der Waals surface area (Å²) in [6, 6.07) is 0. The van der Waals surface area contributed by atoms with E-state index >= 15 is 0 Å². The highest BCUT2D eigenvalue weighted by atomic mass is 16.4. The van der Waals surface area contributed by atoms with Crippen molar-refractivity contribution in [3.8, 4) is 0 Å². The van der Waals surface area contributed by atoms with E-state index in [1.54, 1.807) is 0 Å². The van der Waals surface area contributed by atoms with Gasteiger partial charge in [-0.25, -0.2) is 0 Å². The first-order valence-corrected chi connectivity index (χ1v) is 9.71. The number of carboxylic acid groups (broad SMARTS) is 1. The van der Waals surface area contributed by atoms with Gasteiger partial charge in [0.05, 0.1) is 12.5 Å². The Morgan fingerprint density at radius 1 is 0.826 bits per heavy atom. The van der Waals surface area contributed by atoms with Gasteiger partial charge in [-0.3, -0.25) is 4.79 Å². The number of rotatable bonds is 17. The monoisotopic (exact) mass is 326 g/mol. The largest absolute Gasteiger partial charge is 0.481 e. The molecule has 0 saturated heterocycles. The van der Waals surface area contributed by atoms with E-state index < -0.39 is 12.1 Å². The SMILES string of the molecule is CCCCCCC=CCCCCCCCCCC(O)CC(=O)O. The van der Waals surface area contributed by atoms with Crippen LogP contribution in [-0.4, -0.2) is 22.3 Å². The Bertz CT molecular complexity index is 287. The number of aliphatic hydroxyl groups is 1. The first-order valence-electron chi connectivity index (χ1n) is 9.71. The zero-order valence-corrected chi connectivity index (χ0v) is 15.1. The molecule has 0 radical (unpaired) electrons. The summed E-state index contributed by atoms with van der Waals surface area (Å²) in [6.45, 7) is 2.25. The molecule has 3 heteroatoms. The number of unbranched alkanes of at least 4 members (excludes halogenated alkanes) is 11. The highest BCUT2D eigenvalue weighted by molar-refractivity contribution is 5.67. The Hall–Kier alpha value is -0.830. The summed E-state index contributed by atoms with van der Waals surface area (Å²) in [5.74, 6) is -0.910. The van der Waals surface area contributed by atoms with Gasteiger partial charge in [0.2, 0.25) is 0 Å². The van der Waals surface area contributed by atoms with Gasteiger partial charge in [0.25, 0.3) is 0 Å². The maximum absolute atomic E-state index is 10.4. The van der Waals surface area contributed by atoms with Gasteiger partial charge in [0, 0.05) is 0 Å². The van der Waals surface area contributed by atoms with Gasteiger partial charge in [-0.15, -0.1) is 0 Å². The van der Waals surface area contributed by atoms with Crippen LogP contribution in [-0.2, 0) is 4.79 Å². The molecule has 3 nitrogen and oxygen atoms in total. The van der Waals surface area contributed by atoms with Gasteiger partial charge in [0.1, 0.15) is 0 Å². The molecule has 0 amide bonds. The second-order valence-electron chi connectivity index (χ2n) is 6.62. The van der Waals surface area contributed by atoms with Gasteiger partial charge in [-0.05, 0) is 32.1 Å². The molecule has 0 rings (SSSR count). The standard InChI is InChI=1S/C20H38O3/c1-2-3-4-5-6-7-8-9-10-11-12-13-14-15-16-17-19(21)18-20(22)23/h7-8,19,21H,2-6,9-18H2,1H3,(H,22,23). The smallest absolute Gasteiger partial charge is 0.305 e. The minimum absolute atomic E-state index is 0.119. The van der Waals surface area contributed by atoms with Crippen molar-refractivity contribution in [1.82, 2.24) is 0 Å². The van der Waals surface area contributed by atoms with E-state index in [0.29, 0.717) is 6.42 Å². The number of hydrogen-bond donors (Lipinski definition) is 2. The molecule has 1 unspecified atom stereocenters. The van der Waals surface area contributed by atoms with Gasteiger partial charge in [-0.1, -0.05) is 76.9 Å². The van der Waals surface area contributed by atoms with Crippen LogP contribution >= 0.6 is 0 Å². The molecule has 0 aliphatic heterocycles. The fourth-order valence-corrected chi connectivity index (χ4v) is 2.75. The average molecular weight is 327 g/mol. The van der Waals surface area contributed by atoms with Crippen molar-refractivity contribution in [2.24, 2.45) is 0 Å². The summed E-state index contributed by atoms with van der Waals surface area (Å²) in [5.41, 5.74) is 0. The van der Waals surface area contributed by atoms with Crippen molar-refractivity contribution in [2.75, 3.05) is 0 Å². The summed E-state index contributed by atoms with van der Waals surface area (Å²) in [4.78, 5) is 10.4. The Balaban J connectivity index is 3.16. The van der Waals surface area contributed by atoms with Crippen molar-refractivity contribution in [2.45, 2.75) is 109 Å². The maximum Gasteiger partial charge on any atom is 0.305 e. The van der Waals surface area contributed by atoms with Crippen LogP contribution in [0.3, 0.4) is 0 Å². The first-order chi connectivity index (χ1) is 11.2. The van der Waals surface area contributed by atoms with Gasteiger partial charge < -0.3 is 10.2 Å². The molecule has 0 aliphatic rings. The van der Waals surface area contributed by atoms with Gasteiger partial charge >= 0.3 is 5.97 Å². The van der Waals surface area contributed by atoms with E-state index in [4.69, 9.17) is 5.11 Å². The van der Waals surface area contributed by atoms with E-state index in [9.17, 15) is 9.90 Å². The molecule has 0 spiro atoms. The molecule has 0 fully saturated rings. The molecule has 136 valence electrons. The molecular formula is C20H38O3. The number of aliphatic hydroxyl groups excluding tert-OH is 1. The van der Waals surface area contributed by atoms with Gasteiger partial charge in [-0.2, -0.15) is 0 Å². The maximum atomic E-state index is 10.4. The highest BCUT2D eigenvalue weighted by Gasteiger charge is 2.08. The van der Waals surface area contributed by atoms with Crippen LogP contribution in [0.2, 0.25) is 0 Å². The van der Waals surface area contributed by atoms with Crippen LogP contribution in [0.4, 0.5) is 0 Å². The summed E-state index contributed by atoms with van der Waals surface area (Å²) in [7, 11) is 0. The zero-order valence-electron chi connectivity index (χ0n) is 15.1. The average Bonchev–Trinajstić information content (AvgIpc) is 2.50. The lowest BCUT2D eigenvalue weighted by molar-refractivity contribution is -0.139. The van der Waals surface area contributed by atoms with Gasteiger partial charge in [0.15, 0.2) is 0 Å². The fourth-order valence-electron chi connectivity index (χ4n) is 2.75. The minimum Gasteiger partial charge on any atom is -0.481 e. The van der Waals surface area contributed by atoms with Crippen molar-refractivity contribution < 1.29 is 15.0 Å². The van der Waals surface area contributed by atoms with E-state index in [2.05, 4.69) is 19.1 Å². The minimum atomic E-state index is -0.910. The van der Waals surface area contributed by atoms with Crippen LogP contribution in [0.15, 0.2) is 12.2 Å². The van der Waals surface area contributed by atoms with Crippen LogP contribution < -0.4 is 0 Å². The van der Waals surface area contributed by atoms with Crippen molar-refractivity contribution in [3.63, 3.8) is 0 Å². The predicted octanol–water partition coefficient (Wildman–Crippen LogP) is 5.86. The molecule has 0 bridgehead atoms. The predicted molar refractivity (Wildman–Crippen MR) is 97.7 cm³/mol. The molecule has 0 aromatic rings.